The number of piperidine rings is 1. The molecule has 110 valence electrons. The van der Waals surface area contributed by atoms with Crippen molar-refractivity contribution in [3.8, 4) is 0 Å². The maximum absolute atomic E-state index is 12.4. The number of nitrogens with zero attached hydrogens (tertiary/aromatic N) is 1. The Kier molecular flexibility index (Phi) is 4.81. The summed E-state index contributed by atoms with van der Waals surface area (Å²) in [5.41, 5.74) is -0.766. The van der Waals surface area contributed by atoms with E-state index < -0.39 is 5.60 Å². The third kappa shape index (κ3) is 3.91. The second-order valence-corrected chi connectivity index (χ2v) is 6.11. The predicted molar refractivity (Wildman–Crippen MR) is 72.8 cm³/mol. The summed E-state index contributed by atoms with van der Waals surface area (Å²) in [5.74, 6) is 0.212. The minimum atomic E-state index is -0.766. The minimum Gasteiger partial charge on any atom is -0.388 e. The quantitative estimate of drug-likeness (QED) is 0.778. The van der Waals surface area contributed by atoms with E-state index in [1.807, 2.05) is 0 Å². The SMILES string of the molecule is CC1CCC(C(=O)N(C)CC2(O)CCOCC2)CN1. The van der Waals surface area contributed by atoms with Gasteiger partial charge in [0.25, 0.3) is 0 Å². The standard InChI is InChI=1S/C14H26N2O3/c1-11-3-4-12(9-15-11)13(17)16(2)10-14(18)5-7-19-8-6-14/h11-12,15,18H,3-10H2,1-2H3. The summed E-state index contributed by atoms with van der Waals surface area (Å²) < 4.78 is 5.26. The van der Waals surface area contributed by atoms with E-state index in [-0.39, 0.29) is 11.8 Å². The van der Waals surface area contributed by atoms with Crippen LogP contribution in [-0.2, 0) is 9.53 Å². The smallest absolute Gasteiger partial charge is 0.226 e. The normalized spacial score (nSPS) is 30.9. The van der Waals surface area contributed by atoms with Crippen LogP contribution in [0.25, 0.3) is 0 Å². The Morgan fingerprint density at radius 3 is 2.68 bits per heavy atom. The third-order valence-corrected chi connectivity index (χ3v) is 4.34. The van der Waals surface area contributed by atoms with Crippen molar-refractivity contribution in [2.45, 2.75) is 44.2 Å². The summed E-state index contributed by atoms with van der Waals surface area (Å²) in [6.07, 6.45) is 3.22. The van der Waals surface area contributed by atoms with Crippen LogP contribution in [0.15, 0.2) is 0 Å². The van der Waals surface area contributed by atoms with E-state index in [1.54, 1.807) is 11.9 Å². The molecule has 0 saturated carbocycles. The fraction of sp³-hybridized carbons (Fsp3) is 0.929. The molecule has 0 spiro atoms. The van der Waals surface area contributed by atoms with Gasteiger partial charge in [0.2, 0.25) is 5.91 Å². The van der Waals surface area contributed by atoms with E-state index in [1.165, 1.54) is 0 Å². The van der Waals surface area contributed by atoms with Crippen molar-refractivity contribution in [3.63, 3.8) is 0 Å². The Balaban J connectivity index is 1.84. The highest BCUT2D eigenvalue weighted by Gasteiger charge is 2.34. The van der Waals surface area contributed by atoms with Gasteiger partial charge in [-0.2, -0.15) is 0 Å². The number of hydrogen-bond donors (Lipinski definition) is 2. The molecule has 2 rings (SSSR count). The van der Waals surface area contributed by atoms with E-state index in [4.69, 9.17) is 4.74 Å². The highest BCUT2D eigenvalue weighted by Crippen LogP contribution is 2.23. The Labute approximate surface area is 115 Å². The van der Waals surface area contributed by atoms with Gasteiger partial charge in [-0.05, 0) is 19.8 Å². The average molecular weight is 270 g/mol. The van der Waals surface area contributed by atoms with Crippen LogP contribution in [0.3, 0.4) is 0 Å². The van der Waals surface area contributed by atoms with E-state index in [0.29, 0.717) is 38.6 Å². The third-order valence-electron chi connectivity index (χ3n) is 4.34. The van der Waals surface area contributed by atoms with Crippen LogP contribution in [0.4, 0.5) is 0 Å². The second kappa shape index (κ2) is 6.20. The topological polar surface area (TPSA) is 61.8 Å². The van der Waals surface area contributed by atoms with Crippen molar-refractivity contribution in [1.29, 1.82) is 0 Å². The highest BCUT2D eigenvalue weighted by molar-refractivity contribution is 5.79. The number of carbonyl (C=O) groups excluding carboxylic acids is 1. The Bertz CT molecular complexity index is 308. The zero-order valence-electron chi connectivity index (χ0n) is 12.0. The number of rotatable bonds is 3. The lowest BCUT2D eigenvalue weighted by Gasteiger charge is -2.37. The van der Waals surface area contributed by atoms with Gasteiger partial charge in [-0.1, -0.05) is 0 Å². The molecule has 2 atom stereocenters. The van der Waals surface area contributed by atoms with Crippen LogP contribution in [0.1, 0.15) is 32.6 Å². The first-order chi connectivity index (χ1) is 9.00. The summed E-state index contributed by atoms with van der Waals surface area (Å²) in [6, 6.07) is 0.508. The minimum absolute atomic E-state index is 0.0599. The molecule has 2 N–H and O–H groups in total. The lowest BCUT2D eigenvalue weighted by Crippen LogP contribution is -2.51. The second-order valence-electron chi connectivity index (χ2n) is 6.11. The zero-order valence-corrected chi connectivity index (χ0v) is 12.0. The molecule has 19 heavy (non-hydrogen) atoms. The number of hydrogen-bond acceptors (Lipinski definition) is 4. The van der Waals surface area contributed by atoms with Crippen LogP contribution in [0, 0.1) is 5.92 Å². The first kappa shape index (κ1) is 14.8. The van der Waals surface area contributed by atoms with Gasteiger partial charge in [0.15, 0.2) is 0 Å². The highest BCUT2D eigenvalue weighted by atomic mass is 16.5. The molecule has 0 aliphatic carbocycles. The van der Waals surface area contributed by atoms with Gasteiger partial charge in [-0.3, -0.25) is 4.79 Å². The van der Waals surface area contributed by atoms with Crippen LogP contribution < -0.4 is 5.32 Å². The number of carbonyl (C=O) groups is 1. The first-order valence-electron chi connectivity index (χ1n) is 7.29. The lowest BCUT2D eigenvalue weighted by molar-refractivity contribution is -0.141. The number of nitrogens with one attached hydrogen (secondary N) is 1. The Morgan fingerprint density at radius 2 is 2.11 bits per heavy atom. The summed E-state index contributed by atoms with van der Waals surface area (Å²) >= 11 is 0. The molecule has 0 bridgehead atoms. The van der Waals surface area contributed by atoms with E-state index in [9.17, 15) is 9.90 Å². The van der Waals surface area contributed by atoms with Gasteiger partial charge < -0.3 is 20.1 Å². The molecule has 0 radical (unpaired) electrons. The van der Waals surface area contributed by atoms with Gasteiger partial charge in [0.1, 0.15) is 0 Å². The van der Waals surface area contributed by atoms with Crippen molar-refractivity contribution in [1.82, 2.24) is 10.2 Å². The van der Waals surface area contributed by atoms with E-state index >= 15 is 0 Å². The molecule has 0 aromatic heterocycles. The lowest BCUT2D eigenvalue weighted by atomic mass is 9.91. The Hall–Kier alpha value is -0.650. The van der Waals surface area contributed by atoms with Crippen molar-refractivity contribution in [3.05, 3.63) is 0 Å². The fourth-order valence-electron chi connectivity index (χ4n) is 2.95. The molecule has 2 heterocycles. The first-order valence-corrected chi connectivity index (χ1v) is 7.29. The molecule has 2 fully saturated rings. The molecule has 5 nitrogen and oxygen atoms in total. The van der Waals surface area contributed by atoms with Gasteiger partial charge >= 0.3 is 0 Å². The summed E-state index contributed by atoms with van der Waals surface area (Å²) in [7, 11) is 1.80. The maximum atomic E-state index is 12.4. The molecule has 2 unspecified atom stereocenters. The molecule has 2 saturated heterocycles. The molecule has 0 aromatic rings. The average Bonchev–Trinajstić information content (AvgIpc) is 2.39. The number of likely N-dealkylation sites (N-methyl/N-ethyl adjacent to an activating group) is 1. The molecular formula is C14H26N2O3. The number of ether oxygens (including phenoxy) is 1. The Morgan fingerprint density at radius 1 is 1.42 bits per heavy atom. The largest absolute Gasteiger partial charge is 0.388 e. The zero-order chi connectivity index (χ0) is 13.9. The van der Waals surface area contributed by atoms with E-state index in [0.717, 1.165) is 19.4 Å². The van der Waals surface area contributed by atoms with Crippen molar-refractivity contribution >= 4 is 5.91 Å². The van der Waals surface area contributed by atoms with Gasteiger partial charge in [0.05, 0.1) is 11.5 Å². The molecule has 2 aliphatic rings. The summed E-state index contributed by atoms with van der Waals surface area (Å²) in [6.45, 7) is 4.49. The van der Waals surface area contributed by atoms with Crippen molar-refractivity contribution < 1.29 is 14.6 Å². The number of amides is 1. The van der Waals surface area contributed by atoms with Gasteiger partial charge in [0, 0.05) is 52.2 Å². The van der Waals surface area contributed by atoms with E-state index in [2.05, 4.69) is 12.2 Å². The predicted octanol–water partition coefficient (Wildman–Crippen LogP) is 0.374. The van der Waals surface area contributed by atoms with Crippen LogP contribution in [0.5, 0.6) is 0 Å². The summed E-state index contributed by atoms with van der Waals surface area (Å²) in [4.78, 5) is 14.1. The monoisotopic (exact) mass is 270 g/mol. The van der Waals surface area contributed by atoms with Crippen LogP contribution in [-0.4, -0.2) is 60.9 Å². The number of aliphatic hydroxyl groups is 1. The van der Waals surface area contributed by atoms with Crippen LogP contribution >= 0.6 is 0 Å². The van der Waals surface area contributed by atoms with Crippen molar-refractivity contribution in [2.24, 2.45) is 5.92 Å². The molecule has 5 heteroatoms. The van der Waals surface area contributed by atoms with Gasteiger partial charge in [-0.25, -0.2) is 0 Å². The summed E-state index contributed by atoms with van der Waals surface area (Å²) in [5, 5.41) is 13.8. The molecule has 1 amide bonds. The molecular weight excluding hydrogens is 244 g/mol. The van der Waals surface area contributed by atoms with Crippen molar-refractivity contribution in [2.75, 3.05) is 33.4 Å². The molecule has 2 aliphatic heterocycles. The fourth-order valence-corrected chi connectivity index (χ4v) is 2.95. The van der Waals surface area contributed by atoms with Gasteiger partial charge in [-0.15, -0.1) is 0 Å². The maximum Gasteiger partial charge on any atom is 0.226 e. The molecule has 0 aromatic carbocycles. The van der Waals surface area contributed by atoms with Crippen LogP contribution in [0.2, 0.25) is 0 Å².